The number of nitrogens with zero attached hydrogens (tertiary/aromatic N) is 1. The molecule has 0 N–H and O–H groups in total. The summed E-state index contributed by atoms with van der Waals surface area (Å²) < 4.78 is 1.08. The summed E-state index contributed by atoms with van der Waals surface area (Å²) in [6.45, 7) is 3.64. The van der Waals surface area contributed by atoms with Gasteiger partial charge < -0.3 is 4.90 Å². The molecule has 86 valence electrons. The molecule has 1 unspecified atom stereocenters. The molecule has 16 heavy (non-hydrogen) atoms. The van der Waals surface area contributed by atoms with Crippen molar-refractivity contribution in [2.45, 2.75) is 26.3 Å². The van der Waals surface area contributed by atoms with Gasteiger partial charge >= 0.3 is 0 Å². The second-order valence-electron chi connectivity index (χ2n) is 4.39. The predicted octanol–water partition coefficient (Wildman–Crippen LogP) is 3.21. The van der Waals surface area contributed by atoms with E-state index in [2.05, 4.69) is 22.0 Å². The van der Waals surface area contributed by atoms with E-state index in [1.54, 1.807) is 0 Å². The van der Waals surface area contributed by atoms with Crippen molar-refractivity contribution in [2.75, 3.05) is 6.54 Å². The minimum Gasteiger partial charge on any atom is -0.338 e. The van der Waals surface area contributed by atoms with Gasteiger partial charge in [-0.2, -0.15) is 0 Å². The van der Waals surface area contributed by atoms with Crippen LogP contribution in [0.4, 0.5) is 0 Å². The van der Waals surface area contributed by atoms with Crippen LogP contribution in [0, 0.1) is 5.92 Å². The molecule has 0 bridgehead atoms. The average Bonchev–Trinajstić information content (AvgIpc) is 2.28. The van der Waals surface area contributed by atoms with Crippen LogP contribution in [0.25, 0.3) is 0 Å². The lowest BCUT2D eigenvalue weighted by molar-refractivity contribution is -0.138. The lowest BCUT2D eigenvalue weighted by Gasteiger charge is -2.30. The molecule has 1 atom stereocenters. The van der Waals surface area contributed by atoms with Crippen molar-refractivity contribution in [3.8, 4) is 0 Å². The minimum atomic E-state index is 0.191. The zero-order chi connectivity index (χ0) is 11.5. The maximum absolute atomic E-state index is 12.0. The topological polar surface area (TPSA) is 20.3 Å². The van der Waals surface area contributed by atoms with Gasteiger partial charge in [0, 0.05) is 23.5 Å². The Morgan fingerprint density at radius 3 is 2.94 bits per heavy atom. The van der Waals surface area contributed by atoms with Crippen molar-refractivity contribution in [2.24, 2.45) is 5.92 Å². The van der Waals surface area contributed by atoms with Gasteiger partial charge in [0.25, 0.3) is 0 Å². The number of halogens is 1. The van der Waals surface area contributed by atoms with Crippen LogP contribution >= 0.6 is 15.9 Å². The Balaban J connectivity index is 2.10. The van der Waals surface area contributed by atoms with Gasteiger partial charge in [-0.05, 0) is 24.5 Å². The van der Waals surface area contributed by atoms with Gasteiger partial charge in [-0.25, -0.2) is 0 Å². The van der Waals surface area contributed by atoms with Crippen LogP contribution in [0.15, 0.2) is 28.7 Å². The molecule has 1 heterocycles. The molecule has 0 saturated carbocycles. The molecular formula is C13H16BrNO. The second-order valence-corrected chi connectivity index (χ2v) is 5.25. The zero-order valence-electron chi connectivity index (χ0n) is 9.45. The first-order valence-electron chi connectivity index (χ1n) is 5.70. The quantitative estimate of drug-likeness (QED) is 0.815. The summed E-state index contributed by atoms with van der Waals surface area (Å²) in [7, 11) is 0. The molecule has 1 saturated heterocycles. The molecule has 1 amide bonds. The lowest BCUT2D eigenvalue weighted by atomic mass is 9.99. The Labute approximate surface area is 105 Å². The maximum Gasteiger partial charge on any atom is 0.225 e. The highest BCUT2D eigenvalue weighted by atomic mass is 79.9. The van der Waals surface area contributed by atoms with E-state index in [1.165, 1.54) is 5.56 Å². The predicted molar refractivity (Wildman–Crippen MR) is 68.0 cm³/mol. The van der Waals surface area contributed by atoms with Gasteiger partial charge in [0.2, 0.25) is 5.91 Å². The van der Waals surface area contributed by atoms with E-state index in [1.807, 2.05) is 30.0 Å². The summed E-state index contributed by atoms with van der Waals surface area (Å²) in [6, 6.07) is 8.09. The molecule has 1 aromatic carbocycles. The van der Waals surface area contributed by atoms with Gasteiger partial charge in [0.1, 0.15) is 0 Å². The minimum absolute atomic E-state index is 0.191. The standard InChI is InChI=1S/C13H16BrNO/c1-10-5-4-8-15(13(10)16)9-11-6-2-3-7-12(11)14/h2-3,6-7,10H,4-5,8-9H2,1H3. The van der Waals surface area contributed by atoms with Crippen molar-refractivity contribution < 1.29 is 4.79 Å². The van der Waals surface area contributed by atoms with E-state index in [9.17, 15) is 4.79 Å². The first-order chi connectivity index (χ1) is 7.68. The lowest BCUT2D eigenvalue weighted by Crippen LogP contribution is -2.39. The summed E-state index contributed by atoms with van der Waals surface area (Å²) in [5.74, 6) is 0.484. The Bertz CT molecular complexity index is 391. The molecule has 0 spiro atoms. The number of piperidine rings is 1. The fourth-order valence-corrected chi connectivity index (χ4v) is 2.53. The van der Waals surface area contributed by atoms with E-state index in [0.29, 0.717) is 5.91 Å². The number of benzene rings is 1. The molecule has 1 fully saturated rings. The zero-order valence-corrected chi connectivity index (χ0v) is 11.0. The third-order valence-electron chi connectivity index (χ3n) is 3.12. The Kier molecular flexibility index (Phi) is 3.64. The number of likely N-dealkylation sites (tertiary alicyclic amines) is 1. The highest BCUT2D eigenvalue weighted by Gasteiger charge is 2.25. The Morgan fingerprint density at radius 1 is 1.44 bits per heavy atom. The second kappa shape index (κ2) is 5.00. The fourth-order valence-electron chi connectivity index (χ4n) is 2.12. The average molecular weight is 282 g/mol. The number of carbonyl (C=O) groups excluding carboxylic acids is 1. The van der Waals surface area contributed by atoms with Crippen LogP contribution in [0.5, 0.6) is 0 Å². The number of rotatable bonds is 2. The fraction of sp³-hybridized carbons (Fsp3) is 0.462. The van der Waals surface area contributed by atoms with Crippen molar-refractivity contribution in [3.63, 3.8) is 0 Å². The Morgan fingerprint density at radius 2 is 2.19 bits per heavy atom. The van der Waals surface area contributed by atoms with Gasteiger partial charge in [0.05, 0.1) is 0 Å². The van der Waals surface area contributed by atoms with Gasteiger partial charge in [-0.1, -0.05) is 41.1 Å². The SMILES string of the molecule is CC1CCCN(Cc2ccccc2Br)C1=O. The van der Waals surface area contributed by atoms with Crippen LogP contribution in [0.2, 0.25) is 0 Å². The van der Waals surface area contributed by atoms with Crippen molar-refractivity contribution in [1.29, 1.82) is 0 Å². The monoisotopic (exact) mass is 281 g/mol. The smallest absolute Gasteiger partial charge is 0.225 e. The van der Waals surface area contributed by atoms with Crippen LogP contribution in [0.1, 0.15) is 25.3 Å². The first kappa shape index (κ1) is 11.6. The van der Waals surface area contributed by atoms with Crippen LogP contribution < -0.4 is 0 Å². The van der Waals surface area contributed by atoms with Crippen LogP contribution in [-0.4, -0.2) is 17.4 Å². The van der Waals surface area contributed by atoms with Crippen molar-refractivity contribution in [1.82, 2.24) is 4.90 Å². The number of hydrogen-bond acceptors (Lipinski definition) is 1. The molecule has 2 nitrogen and oxygen atoms in total. The maximum atomic E-state index is 12.0. The third-order valence-corrected chi connectivity index (χ3v) is 3.89. The summed E-state index contributed by atoms with van der Waals surface area (Å²) in [4.78, 5) is 13.9. The third kappa shape index (κ3) is 2.46. The molecule has 0 aliphatic carbocycles. The van der Waals surface area contributed by atoms with Crippen molar-refractivity contribution >= 4 is 21.8 Å². The molecule has 2 rings (SSSR count). The summed E-state index contributed by atoms with van der Waals surface area (Å²) in [5, 5.41) is 0. The van der Waals surface area contributed by atoms with E-state index in [4.69, 9.17) is 0 Å². The van der Waals surface area contributed by atoms with Gasteiger partial charge in [-0.3, -0.25) is 4.79 Å². The molecule has 0 radical (unpaired) electrons. The summed E-state index contributed by atoms with van der Waals surface area (Å²) >= 11 is 3.52. The van der Waals surface area contributed by atoms with E-state index < -0.39 is 0 Å². The van der Waals surface area contributed by atoms with Gasteiger partial charge in [-0.15, -0.1) is 0 Å². The van der Waals surface area contributed by atoms with E-state index >= 15 is 0 Å². The molecule has 1 aromatic rings. The number of amides is 1. The summed E-state index contributed by atoms with van der Waals surface area (Å²) in [6.07, 6.45) is 2.16. The number of carbonyl (C=O) groups is 1. The Hall–Kier alpha value is -0.830. The molecule has 1 aliphatic heterocycles. The first-order valence-corrected chi connectivity index (χ1v) is 6.50. The molecular weight excluding hydrogens is 266 g/mol. The highest BCUT2D eigenvalue weighted by Crippen LogP contribution is 2.22. The largest absolute Gasteiger partial charge is 0.338 e. The number of hydrogen-bond donors (Lipinski definition) is 0. The highest BCUT2D eigenvalue weighted by molar-refractivity contribution is 9.10. The normalized spacial score (nSPS) is 21.2. The molecule has 0 aromatic heterocycles. The van der Waals surface area contributed by atoms with Gasteiger partial charge in [0.15, 0.2) is 0 Å². The summed E-state index contributed by atoms with van der Waals surface area (Å²) in [5.41, 5.74) is 1.19. The van der Waals surface area contributed by atoms with Crippen LogP contribution in [-0.2, 0) is 11.3 Å². The molecule has 1 aliphatic rings. The van der Waals surface area contributed by atoms with E-state index in [-0.39, 0.29) is 5.92 Å². The van der Waals surface area contributed by atoms with Crippen LogP contribution in [0.3, 0.4) is 0 Å². The van der Waals surface area contributed by atoms with Crippen molar-refractivity contribution in [3.05, 3.63) is 34.3 Å². The molecule has 3 heteroatoms. The van der Waals surface area contributed by atoms with E-state index in [0.717, 1.165) is 30.4 Å².